The number of aryl methyl sites for hydroxylation is 1. The van der Waals surface area contributed by atoms with Crippen LogP contribution in [0.3, 0.4) is 0 Å². The fourth-order valence-electron chi connectivity index (χ4n) is 4.07. The van der Waals surface area contributed by atoms with Gasteiger partial charge in [0.15, 0.2) is 0 Å². The molecule has 0 N–H and O–H groups in total. The van der Waals surface area contributed by atoms with E-state index in [4.69, 9.17) is 21.9 Å². The number of fused-ring (bicyclic) bond motifs is 1. The number of thiocarbonyl (C=S) groups is 1. The largest absolute Gasteiger partial charge is 0.372 e. The standard InChI is InChI=1S/C22H26N4O3S2/c1-12(2)26-21(28)17(31-22(26)30)9-16-19(24-10-14(4)29-15(5)11-24)23-18-13(3)7-6-8-25(18)20(16)27/h6-9,12,14-15H,10-11H2,1-5H3/b17-9-. The Hall–Kier alpha value is -2.23. The molecule has 0 aromatic carbocycles. The molecule has 4 heterocycles. The van der Waals surface area contributed by atoms with Gasteiger partial charge in [0.2, 0.25) is 0 Å². The maximum absolute atomic E-state index is 13.6. The summed E-state index contributed by atoms with van der Waals surface area (Å²) in [5.74, 6) is 0.407. The zero-order valence-corrected chi connectivity index (χ0v) is 19.9. The van der Waals surface area contributed by atoms with Gasteiger partial charge < -0.3 is 9.64 Å². The smallest absolute Gasteiger partial charge is 0.267 e. The summed E-state index contributed by atoms with van der Waals surface area (Å²) in [5.41, 5.74) is 1.72. The summed E-state index contributed by atoms with van der Waals surface area (Å²) < 4.78 is 7.92. The Bertz CT molecular complexity index is 1150. The van der Waals surface area contributed by atoms with Crippen LogP contribution in [0.1, 0.15) is 38.8 Å². The minimum atomic E-state index is -0.203. The molecule has 2 aromatic heterocycles. The summed E-state index contributed by atoms with van der Waals surface area (Å²) in [4.78, 5) is 35.5. The second-order valence-corrected chi connectivity index (χ2v) is 10.0. The van der Waals surface area contributed by atoms with Crippen molar-refractivity contribution in [3.63, 3.8) is 0 Å². The van der Waals surface area contributed by atoms with Gasteiger partial charge >= 0.3 is 0 Å². The average Bonchev–Trinajstić information content (AvgIpc) is 2.97. The molecular weight excluding hydrogens is 432 g/mol. The van der Waals surface area contributed by atoms with Crippen LogP contribution in [0.15, 0.2) is 28.0 Å². The fraction of sp³-hybridized carbons (Fsp3) is 0.455. The molecule has 0 radical (unpaired) electrons. The number of hydrogen-bond donors (Lipinski definition) is 0. The second-order valence-electron chi connectivity index (χ2n) is 8.35. The molecular formula is C22H26N4O3S2. The summed E-state index contributed by atoms with van der Waals surface area (Å²) in [6, 6.07) is 3.72. The Morgan fingerprint density at radius 3 is 2.55 bits per heavy atom. The molecule has 2 atom stereocenters. The highest BCUT2D eigenvalue weighted by molar-refractivity contribution is 8.26. The summed E-state index contributed by atoms with van der Waals surface area (Å²) in [6.45, 7) is 11.0. The quantitative estimate of drug-likeness (QED) is 0.517. The lowest BCUT2D eigenvalue weighted by atomic mass is 10.1. The molecule has 2 aliphatic rings. The zero-order valence-electron chi connectivity index (χ0n) is 18.3. The van der Waals surface area contributed by atoms with Crippen LogP contribution in [0.2, 0.25) is 0 Å². The van der Waals surface area contributed by atoms with Crippen molar-refractivity contribution >= 4 is 51.7 Å². The van der Waals surface area contributed by atoms with E-state index in [0.717, 1.165) is 5.56 Å². The van der Waals surface area contributed by atoms with Crippen molar-refractivity contribution in [3.8, 4) is 0 Å². The number of carbonyl (C=O) groups excluding carboxylic acids is 1. The molecule has 31 heavy (non-hydrogen) atoms. The number of carbonyl (C=O) groups is 1. The van der Waals surface area contributed by atoms with Crippen molar-refractivity contribution < 1.29 is 9.53 Å². The van der Waals surface area contributed by atoms with Gasteiger partial charge in [0.1, 0.15) is 15.8 Å². The van der Waals surface area contributed by atoms with E-state index in [1.54, 1.807) is 21.6 Å². The van der Waals surface area contributed by atoms with Gasteiger partial charge in [-0.05, 0) is 52.3 Å². The van der Waals surface area contributed by atoms with Crippen molar-refractivity contribution in [2.75, 3.05) is 18.0 Å². The highest BCUT2D eigenvalue weighted by atomic mass is 32.2. The molecule has 2 aromatic rings. The number of morpholine rings is 1. The number of amides is 1. The first kappa shape index (κ1) is 22.0. The van der Waals surface area contributed by atoms with Crippen LogP contribution in [0.4, 0.5) is 5.82 Å². The molecule has 0 aliphatic carbocycles. The van der Waals surface area contributed by atoms with Gasteiger partial charge in [0.05, 0.1) is 22.7 Å². The van der Waals surface area contributed by atoms with Crippen molar-refractivity contribution in [1.29, 1.82) is 0 Å². The number of hydrogen-bond acceptors (Lipinski definition) is 7. The van der Waals surface area contributed by atoms with Gasteiger partial charge in [0, 0.05) is 25.3 Å². The van der Waals surface area contributed by atoms with E-state index in [2.05, 4.69) is 4.90 Å². The number of ether oxygens (including phenoxy) is 1. The molecule has 2 unspecified atom stereocenters. The topological polar surface area (TPSA) is 67.2 Å². The highest BCUT2D eigenvalue weighted by Gasteiger charge is 2.35. The summed E-state index contributed by atoms with van der Waals surface area (Å²) in [5, 5.41) is 0. The van der Waals surface area contributed by atoms with Crippen molar-refractivity contribution in [2.45, 2.75) is 52.9 Å². The average molecular weight is 459 g/mol. The molecule has 1 amide bonds. The summed E-state index contributed by atoms with van der Waals surface area (Å²) in [7, 11) is 0. The molecule has 0 bridgehead atoms. The number of nitrogens with zero attached hydrogens (tertiary/aromatic N) is 4. The third-order valence-electron chi connectivity index (χ3n) is 5.40. The van der Waals surface area contributed by atoms with E-state index in [-0.39, 0.29) is 29.7 Å². The second kappa shape index (κ2) is 8.37. The number of anilines is 1. The lowest BCUT2D eigenvalue weighted by molar-refractivity contribution is -0.123. The van der Waals surface area contributed by atoms with Crippen LogP contribution in [0, 0.1) is 6.92 Å². The molecule has 164 valence electrons. The Balaban J connectivity index is 1.92. The number of thioether (sulfide) groups is 1. The molecule has 4 rings (SSSR count). The zero-order chi connectivity index (χ0) is 22.4. The number of rotatable bonds is 3. The maximum Gasteiger partial charge on any atom is 0.267 e. The fourth-order valence-corrected chi connectivity index (χ4v) is 5.58. The van der Waals surface area contributed by atoms with Crippen molar-refractivity contribution in [3.05, 3.63) is 44.7 Å². The normalized spacial score (nSPS) is 23.6. The van der Waals surface area contributed by atoms with Crippen LogP contribution < -0.4 is 10.5 Å². The molecule has 9 heteroatoms. The van der Waals surface area contributed by atoms with E-state index < -0.39 is 0 Å². The number of pyridine rings is 1. The van der Waals surface area contributed by atoms with E-state index in [1.165, 1.54) is 11.8 Å². The third kappa shape index (κ3) is 4.02. The first-order chi connectivity index (χ1) is 14.7. The van der Waals surface area contributed by atoms with Crippen molar-refractivity contribution in [2.24, 2.45) is 0 Å². The molecule has 2 fully saturated rings. The SMILES string of the molecule is Cc1cccn2c(=O)c(/C=C3\SC(=S)N(C(C)C)C3=O)c(N3CC(C)OC(C)C3)nc12. The van der Waals surface area contributed by atoms with Crippen LogP contribution in [-0.2, 0) is 9.53 Å². The minimum Gasteiger partial charge on any atom is -0.372 e. The van der Waals surface area contributed by atoms with Gasteiger partial charge in [-0.2, -0.15) is 0 Å². The molecule has 2 saturated heterocycles. The van der Waals surface area contributed by atoms with E-state index in [0.29, 0.717) is 39.3 Å². The van der Waals surface area contributed by atoms with Crippen LogP contribution >= 0.6 is 24.0 Å². The Labute approximate surface area is 191 Å². The first-order valence-electron chi connectivity index (χ1n) is 10.4. The molecule has 2 aliphatic heterocycles. The van der Waals surface area contributed by atoms with Crippen molar-refractivity contribution in [1.82, 2.24) is 14.3 Å². The minimum absolute atomic E-state index is 0.00729. The Morgan fingerprint density at radius 2 is 1.94 bits per heavy atom. The monoisotopic (exact) mass is 458 g/mol. The van der Waals surface area contributed by atoms with Crippen LogP contribution in [0.25, 0.3) is 11.7 Å². The molecule has 0 saturated carbocycles. The Morgan fingerprint density at radius 1 is 1.26 bits per heavy atom. The van der Waals surface area contributed by atoms with Gasteiger partial charge in [0.25, 0.3) is 11.5 Å². The summed E-state index contributed by atoms with van der Waals surface area (Å²) in [6.07, 6.45) is 3.38. The molecule has 7 nitrogen and oxygen atoms in total. The molecule has 0 spiro atoms. The van der Waals surface area contributed by atoms with E-state index in [9.17, 15) is 9.59 Å². The summed E-state index contributed by atoms with van der Waals surface area (Å²) >= 11 is 6.63. The van der Waals surface area contributed by atoms with Gasteiger partial charge in [-0.1, -0.05) is 30.0 Å². The van der Waals surface area contributed by atoms with Gasteiger partial charge in [-0.25, -0.2) is 4.98 Å². The highest BCUT2D eigenvalue weighted by Crippen LogP contribution is 2.35. The lowest BCUT2D eigenvalue weighted by Crippen LogP contribution is -2.46. The Kier molecular flexibility index (Phi) is 5.93. The predicted octanol–water partition coefficient (Wildman–Crippen LogP) is 3.23. The van der Waals surface area contributed by atoms with Gasteiger partial charge in [-0.15, -0.1) is 0 Å². The van der Waals surface area contributed by atoms with E-state index >= 15 is 0 Å². The first-order valence-corrected chi connectivity index (χ1v) is 11.6. The third-order valence-corrected chi connectivity index (χ3v) is 6.73. The number of aromatic nitrogens is 2. The van der Waals surface area contributed by atoms with Crippen LogP contribution in [0.5, 0.6) is 0 Å². The predicted molar refractivity (Wildman–Crippen MR) is 129 cm³/mol. The van der Waals surface area contributed by atoms with Crippen LogP contribution in [-0.4, -0.2) is 55.9 Å². The lowest BCUT2D eigenvalue weighted by Gasteiger charge is -2.36. The van der Waals surface area contributed by atoms with Gasteiger partial charge in [-0.3, -0.25) is 18.9 Å². The maximum atomic E-state index is 13.6. The van der Waals surface area contributed by atoms with E-state index in [1.807, 2.05) is 46.8 Å².